The molecule has 6 nitrogen and oxygen atoms in total. The summed E-state index contributed by atoms with van der Waals surface area (Å²) in [6, 6.07) is 9.94. The van der Waals surface area contributed by atoms with Crippen LogP contribution in [0.25, 0.3) is 0 Å². The van der Waals surface area contributed by atoms with Crippen LogP contribution in [-0.4, -0.2) is 35.6 Å². The molecule has 2 heterocycles. The number of hydrogen-bond donors (Lipinski definition) is 2. The highest BCUT2D eigenvalue weighted by atomic mass is 16.5. The Morgan fingerprint density at radius 2 is 2.12 bits per heavy atom. The zero-order chi connectivity index (χ0) is 18.1. The second-order valence-corrected chi connectivity index (χ2v) is 8.39. The minimum Gasteiger partial charge on any atom is -0.376 e. The standard InChI is InChI=1S/C20H28N4O2/c1-20(2)10-6-9-16(12-20)26-13-15-11-17(25)24-19(21-15)22-18(23-24)14-7-4-3-5-8-14/h3-5,7-8,15-16,18,23H,6,9-13H2,1-2H3,(H,21,22). The van der Waals surface area contributed by atoms with Gasteiger partial charge in [-0.3, -0.25) is 4.79 Å². The number of aliphatic imine (C=N–C) groups is 1. The molecule has 0 radical (unpaired) electrons. The lowest BCUT2D eigenvalue weighted by Crippen LogP contribution is -2.58. The summed E-state index contributed by atoms with van der Waals surface area (Å²) < 4.78 is 6.16. The molecule has 1 aromatic carbocycles. The van der Waals surface area contributed by atoms with Gasteiger partial charge in [-0.1, -0.05) is 50.6 Å². The third-order valence-corrected chi connectivity index (χ3v) is 5.53. The molecular weight excluding hydrogens is 328 g/mol. The number of carbonyl (C=O) groups excluding carboxylic acids is 1. The zero-order valence-corrected chi connectivity index (χ0v) is 15.6. The van der Waals surface area contributed by atoms with Crippen LogP contribution in [0.5, 0.6) is 0 Å². The number of guanidine groups is 1. The number of rotatable bonds is 4. The molecule has 2 fully saturated rings. The van der Waals surface area contributed by atoms with Crippen LogP contribution in [0.3, 0.4) is 0 Å². The van der Waals surface area contributed by atoms with Gasteiger partial charge in [-0.25, -0.2) is 10.0 Å². The van der Waals surface area contributed by atoms with Gasteiger partial charge in [-0.05, 0) is 30.2 Å². The summed E-state index contributed by atoms with van der Waals surface area (Å²) in [6.45, 7) is 5.17. The molecule has 1 amide bonds. The number of nitrogens with zero attached hydrogens (tertiary/aromatic N) is 2. The molecule has 4 rings (SSSR count). The monoisotopic (exact) mass is 356 g/mol. The van der Waals surface area contributed by atoms with E-state index in [1.165, 1.54) is 17.9 Å². The Bertz CT molecular complexity index is 688. The first kappa shape index (κ1) is 17.5. The summed E-state index contributed by atoms with van der Waals surface area (Å²) in [5.41, 5.74) is 4.57. The average molecular weight is 356 g/mol. The molecule has 0 spiro atoms. The van der Waals surface area contributed by atoms with Crippen LogP contribution in [0, 0.1) is 5.41 Å². The highest BCUT2D eigenvalue weighted by molar-refractivity contribution is 6.00. The fourth-order valence-electron chi connectivity index (χ4n) is 4.13. The molecule has 3 aliphatic rings. The van der Waals surface area contributed by atoms with Crippen LogP contribution in [0.1, 0.15) is 57.7 Å². The Hall–Kier alpha value is -1.92. The molecule has 1 saturated carbocycles. The van der Waals surface area contributed by atoms with Crippen molar-refractivity contribution in [2.75, 3.05) is 6.61 Å². The van der Waals surface area contributed by atoms with Gasteiger partial charge in [0.25, 0.3) is 0 Å². The number of ether oxygens (including phenoxy) is 1. The van der Waals surface area contributed by atoms with Crippen LogP contribution in [0.15, 0.2) is 35.3 Å². The zero-order valence-electron chi connectivity index (χ0n) is 15.6. The van der Waals surface area contributed by atoms with Gasteiger partial charge in [-0.2, -0.15) is 5.43 Å². The van der Waals surface area contributed by atoms with E-state index in [0.29, 0.717) is 30.5 Å². The topological polar surface area (TPSA) is 66.0 Å². The average Bonchev–Trinajstić information content (AvgIpc) is 3.05. The lowest BCUT2D eigenvalue weighted by atomic mass is 9.76. The van der Waals surface area contributed by atoms with Crippen LogP contribution in [0.4, 0.5) is 0 Å². The number of amides is 1. The van der Waals surface area contributed by atoms with E-state index in [4.69, 9.17) is 4.74 Å². The molecule has 0 aromatic heterocycles. The number of benzene rings is 1. The molecule has 26 heavy (non-hydrogen) atoms. The van der Waals surface area contributed by atoms with Crippen LogP contribution in [-0.2, 0) is 9.53 Å². The smallest absolute Gasteiger partial charge is 0.246 e. The number of fused-ring (bicyclic) bond motifs is 1. The quantitative estimate of drug-likeness (QED) is 0.871. The van der Waals surface area contributed by atoms with Crippen LogP contribution in [0.2, 0.25) is 0 Å². The van der Waals surface area contributed by atoms with Gasteiger partial charge in [0, 0.05) is 0 Å². The van der Waals surface area contributed by atoms with E-state index in [1.807, 2.05) is 30.3 Å². The summed E-state index contributed by atoms with van der Waals surface area (Å²) in [5.74, 6) is 0.645. The normalized spacial score (nSPS) is 30.5. The molecule has 3 unspecified atom stereocenters. The van der Waals surface area contributed by atoms with Gasteiger partial charge >= 0.3 is 0 Å². The van der Waals surface area contributed by atoms with E-state index in [9.17, 15) is 4.79 Å². The molecule has 140 valence electrons. The maximum Gasteiger partial charge on any atom is 0.246 e. The Kier molecular flexibility index (Phi) is 4.71. The SMILES string of the molecule is CC1(C)CCCC(OCC2CC(=O)N3NC(c4ccccc4)N=C3N2)C1. The van der Waals surface area contributed by atoms with Gasteiger partial charge in [-0.15, -0.1) is 0 Å². The molecule has 1 aliphatic carbocycles. The highest BCUT2D eigenvalue weighted by Crippen LogP contribution is 2.36. The first-order chi connectivity index (χ1) is 12.5. The van der Waals surface area contributed by atoms with Crippen molar-refractivity contribution in [3.63, 3.8) is 0 Å². The third kappa shape index (κ3) is 3.76. The Labute approximate surface area is 155 Å². The highest BCUT2D eigenvalue weighted by Gasteiger charge is 2.37. The minimum atomic E-state index is -0.221. The maximum atomic E-state index is 12.5. The van der Waals surface area contributed by atoms with Gasteiger partial charge in [0.15, 0.2) is 0 Å². The number of carbonyl (C=O) groups is 1. The molecule has 3 atom stereocenters. The lowest BCUT2D eigenvalue weighted by Gasteiger charge is -2.36. The second kappa shape index (κ2) is 7.00. The van der Waals surface area contributed by atoms with Gasteiger partial charge < -0.3 is 10.1 Å². The van der Waals surface area contributed by atoms with E-state index in [1.54, 1.807) is 0 Å². The lowest BCUT2D eigenvalue weighted by molar-refractivity contribution is -0.132. The van der Waals surface area contributed by atoms with Crippen molar-refractivity contribution in [2.24, 2.45) is 10.4 Å². The van der Waals surface area contributed by atoms with Crippen molar-refractivity contribution in [1.29, 1.82) is 0 Å². The Morgan fingerprint density at radius 3 is 2.88 bits per heavy atom. The summed E-state index contributed by atoms with van der Waals surface area (Å²) in [7, 11) is 0. The first-order valence-electron chi connectivity index (χ1n) is 9.60. The minimum absolute atomic E-state index is 0.0149. The molecule has 2 N–H and O–H groups in total. The van der Waals surface area contributed by atoms with E-state index in [-0.39, 0.29) is 18.1 Å². The summed E-state index contributed by atoms with van der Waals surface area (Å²) >= 11 is 0. The van der Waals surface area contributed by atoms with E-state index >= 15 is 0 Å². The number of hydrogen-bond acceptors (Lipinski definition) is 5. The van der Waals surface area contributed by atoms with E-state index in [0.717, 1.165) is 18.4 Å². The Morgan fingerprint density at radius 1 is 1.31 bits per heavy atom. The van der Waals surface area contributed by atoms with Crippen molar-refractivity contribution in [2.45, 2.75) is 64.3 Å². The van der Waals surface area contributed by atoms with Crippen molar-refractivity contribution in [3.8, 4) is 0 Å². The number of nitrogens with one attached hydrogen (secondary N) is 2. The van der Waals surface area contributed by atoms with Gasteiger partial charge in [0.1, 0.15) is 6.17 Å². The Balaban J connectivity index is 1.36. The van der Waals surface area contributed by atoms with Gasteiger partial charge in [0.05, 0.1) is 25.2 Å². The predicted octanol–water partition coefficient (Wildman–Crippen LogP) is 2.74. The fourth-order valence-corrected chi connectivity index (χ4v) is 4.13. The maximum absolute atomic E-state index is 12.5. The van der Waals surface area contributed by atoms with Crippen molar-refractivity contribution >= 4 is 11.9 Å². The third-order valence-electron chi connectivity index (χ3n) is 5.53. The first-order valence-corrected chi connectivity index (χ1v) is 9.60. The van der Waals surface area contributed by atoms with Crippen molar-refractivity contribution in [3.05, 3.63) is 35.9 Å². The number of hydrazine groups is 1. The molecule has 0 bridgehead atoms. The summed E-state index contributed by atoms with van der Waals surface area (Å²) in [4.78, 5) is 17.1. The predicted molar refractivity (Wildman–Crippen MR) is 100 cm³/mol. The van der Waals surface area contributed by atoms with E-state index in [2.05, 4.69) is 29.6 Å². The molecule has 2 aliphatic heterocycles. The van der Waals surface area contributed by atoms with Gasteiger partial charge in [0.2, 0.25) is 11.9 Å². The van der Waals surface area contributed by atoms with E-state index < -0.39 is 0 Å². The fraction of sp³-hybridized carbons (Fsp3) is 0.600. The van der Waals surface area contributed by atoms with Crippen LogP contribution < -0.4 is 10.7 Å². The molecular formula is C20H28N4O2. The van der Waals surface area contributed by atoms with Crippen LogP contribution >= 0.6 is 0 Å². The molecule has 6 heteroatoms. The second-order valence-electron chi connectivity index (χ2n) is 8.39. The van der Waals surface area contributed by atoms with Crippen molar-refractivity contribution in [1.82, 2.24) is 15.8 Å². The summed E-state index contributed by atoms with van der Waals surface area (Å²) in [5, 5.41) is 4.91. The van der Waals surface area contributed by atoms with Crippen molar-refractivity contribution < 1.29 is 9.53 Å². The molecule has 1 saturated heterocycles. The largest absolute Gasteiger partial charge is 0.376 e. The molecule has 1 aromatic rings. The summed E-state index contributed by atoms with van der Waals surface area (Å²) in [6.07, 6.45) is 5.20.